The SMILES string of the molecule is Cc1oc2ccc(OCc3cccnc3)c(C3(CO)CCOCC3)c2c1C(N)=O. The first-order chi connectivity index (χ1) is 14.1. The van der Waals surface area contributed by atoms with Crippen LogP contribution < -0.4 is 10.5 Å². The molecule has 7 heteroatoms. The Morgan fingerprint density at radius 2 is 2.10 bits per heavy atom. The Kier molecular flexibility index (Phi) is 5.25. The van der Waals surface area contributed by atoms with Gasteiger partial charge in [-0.15, -0.1) is 0 Å². The zero-order valence-corrected chi connectivity index (χ0v) is 16.3. The van der Waals surface area contributed by atoms with Crippen LogP contribution in [-0.4, -0.2) is 35.8 Å². The maximum atomic E-state index is 12.2. The molecule has 1 saturated heterocycles. The van der Waals surface area contributed by atoms with Crippen LogP contribution in [0.5, 0.6) is 5.75 Å². The van der Waals surface area contributed by atoms with E-state index < -0.39 is 11.3 Å². The summed E-state index contributed by atoms with van der Waals surface area (Å²) in [6.45, 7) is 2.97. The molecule has 0 spiro atoms. The van der Waals surface area contributed by atoms with Gasteiger partial charge in [-0.2, -0.15) is 0 Å². The minimum atomic E-state index is -0.609. The summed E-state index contributed by atoms with van der Waals surface area (Å²) in [5, 5.41) is 11.1. The van der Waals surface area contributed by atoms with Gasteiger partial charge in [0.25, 0.3) is 5.91 Å². The fourth-order valence-electron chi connectivity index (χ4n) is 4.13. The van der Waals surface area contributed by atoms with E-state index in [2.05, 4.69) is 4.98 Å². The van der Waals surface area contributed by atoms with Crippen molar-refractivity contribution in [3.8, 4) is 5.75 Å². The number of fused-ring (bicyclic) bond motifs is 1. The maximum Gasteiger partial charge on any atom is 0.252 e. The molecular weight excluding hydrogens is 372 g/mol. The van der Waals surface area contributed by atoms with Crippen LogP contribution in [0.25, 0.3) is 11.0 Å². The lowest BCUT2D eigenvalue weighted by Gasteiger charge is -2.37. The molecule has 3 heterocycles. The standard InChI is InChI=1S/C22H24N2O5/c1-14-18(21(23)26)19-16(29-14)4-5-17(28-12-15-3-2-8-24-11-15)20(19)22(13-25)6-9-27-10-7-22/h2-5,8,11,25H,6-7,9-10,12-13H2,1H3,(H2,23,26). The van der Waals surface area contributed by atoms with Gasteiger partial charge < -0.3 is 24.7 Å². The summed E-state index contributed by atoms with van der Waals surface area (Å²) >= 11 is 0. The summed E-state index contributed by atoms with van der Waals surface area (Å²) in [5.41, 5.74) is 7.65. The van der Waals surface area contributed by atoms with E-state index in [0.717, 1.165) is 11.1 Å². The number of carbonyl (C=O) groups is 1. The van der Waals surface area contributed by atoms with Gasteiger partial charge in [0.1, 0.15) is 23.7 Å². The van der Waals surface area contributed by atoms with Crippen molar-refractivity contribution in [2.75, 3.05) is 19.8 Å². The molecule has 0 radical (unpaired) electrons. The average molecular weight is 396 g/mol. The molecule has 1 aliphatic heterocycles. The van der Waals surface area contributed by atoms with E-state index in [1.165, 1.54) is 0 Å². The van der Waals surface area contributed by atoms with E-state index in [-0.39, 0.29) is 6.61 Å². The number of pyridine rings is 1. The molecule has 152 valence electrons. The van der Waals surface area contributed by atoms with Crippen LogP contribution in [0.3, 0.4) is 0 Å². The molecule has 1 aliphatic rings. The molecule has 3 N–H and O–H groups in total. The molecule has 3 aromatic rings. The van der Waals surface area contributed by atoms with E-state index in [1.807, 2.05) is 18.2 Å². The van der Waals surface area contributed by atoms with Gasteiger partial charge in [0.2, 0.25) is 0 Å². The van der Waals surface area contributed by atoms with Crippen molar-refractivity contribution in [3.05, 3.63) is 59.1 Å². The van der Waals surface area contributed by atoms with Gasteiger partial charge in [0.05, 0.1) is 12.2 Å². The maximum absolute atomic E-state index is 12.2. The molecule has 0 aliphatic carbocycles. The van der Waals surface area contributed by atoms with Crippen LogP contribution in [0, 0.1) is 6.92 Å². The number of aliphatic hydroxyl groups excluding tert-OH is 1. The lowest BCUT2D eigenvalue weighted by molar-refractivity contribution is 0.0246. The van der Waals surface area contributed by atoms with E-state index in [9.17, 15) is 9.90 Å². The van der Waals surface area contributed by atoms with Crippen LogP contribution in [0.1, 0.15) is 40.1 Å². The van der Waals surface area contributed by atoms with Crippen LogP contribution >= 0.6 is 0 Å². The van der Waals surface area contributed by atoms with Gasteiger partial charge >= 0.3 is 0 Å². The highest BCUT2D eigenvalue weighted by Gasteiger charge is 2.40. The van der Waals surface area contributed by atoms with Gasteiger partial charge in [-0.05, 0) is 38.0 Å². The molecule has 0 bridgehead atoms. The number of aliphatic hydroxyl groups is 1. The second kappa shape index (κ2) is 7.85. The number of aromatic nitrogens is 1. The van der Waals surface area contributed by atoms with Gasteiger partial charge in [0, 0.05) is 47.5 Å². The lowest BCUT2D eigenvalue weighted by atomic mass is 9.72. The van der Waals surface area contributed by atoms with Gasteiger partial charge in [-0.3, -0.25) is 9.78 Å². The number of primary amides is 1. The number of aryl methyl sites for hydroxylation is 1. The van der Waals surface area contributed by atoms with Gasteiger partial charge in [0.15, 0.2) is 0 Å². The molecule has 1 amide bonds. The normalized spacial score (nSPS) is 16.1. The molecule has 7 nitrogen and oxygen atoms in total. The van der Waals surface area contributed by atoms with Crippen LogP contribution in [0.4, 0.5) is 0 Å². The summed E-state index contributed by atoms with van der Waals surface area (Å²) in [7, 11) is 0. The molecule has 0 saturated carbocycles. The molecule has 1 fully saturated rings. The largest absolute Gasteiger partial charge is 0.489 e. The van der Waals surface area contributed by atoms with E-state index in [4.69, 9.17) is 19.6 Å². The molecule has 4 rings (SSSR count). The number of ether oxygens (including phenoxy) is 2. The zero-order valence-electron chi connectivity index (χ0n) is 16.3. The third-order valence-electron chi connectivity index (χ3n) is 5.64. The predicted octanol–water partition coefficient (Wildman–Crippen LogP) is 2.85. The lowest BCUT2D eigenvalue weighted by Crippen LogP contribution is -2.38. The third-order valence-corrected chi connectivity index (χ3v) is 5.64. The smallest absolute Gasteiger partial charge is 0.252 e. The monoisotopic (exact) mass is 396 g/mol. The summed E-state index contributed by atoms with van der Waals surface area (Å²) in [5.74, 6) is 0.492. The van der Waals surface area contributed by atoms with Crippen LogP contribution in [0.15, 0.2) is 41.1 Å². The number of carbonyl (C=O) groups excluding carboxylic acids is 1. The van der Waals surface area contributed by atoms with E-state index in [0.29, 0.717) is 60.7 Å². The Balaban J connectivity index is 1.90. The second-order valence-corrected chi connectivity index (χ2v) is 7.41. The summed E-state index contributed by atoms with van der Waals surface area (Å²) in [4.78, 5) is 16.4. The Morgan fingerprint density at radius 3 is 2.76 bits per heavy atom. The van der Waals surface area contributed by atoms with Crippen molar-refractivity contribution >= 4 is 16.9 Å². The number of amides is 1. The minimum Gasteiger partial charge on any atom is -0.489 e. The van der Waals surface area contributed by atoms with Crippen molar-refractivity contribution in [2.45, 2.75) is 31.8 Å². The summed E-state index contributed by atoms with van der Waals surface area (Å²) < 4.78 is 17.5. The predicted molar refractivity (Wildman–Crippen MR) is 107 cm³/mol. The number of benzene rings is 1. The highest BCUT2D eigenvalue weighted by Crippen LogP contribution is 2.46. The number of hydrogen-bond acceptors (Lipinski definition) is 6. The number of hydrogen-bond donors (Lipinski definition) is 2. The molecule has 29 heavy (non-hydrogen) atoms. The summed E-state index contributed by atoms with van der Waals surface area (Å²) in [6.07, 6.45) is 4.66. The fourth-order valence-corrected chi connectivity index (χ4v) is 4.13. The van der Waals surface area contributed by atoms with E-state index >= 15 is 0 Å². The van der Waals surface area contributed by atoms with Crippen molar-refractivity contribution < 1.29 is 23.8 Å². The average Bonchev–Trinajstić information content (AvgIpc) is 3.09. The topological polar surface area (TPSA) is 108 Å². The van der Waals surface area contributed by atoms with Crippen LogP contribution in [-0.2, 0) is 16.8 Å². The van der Waals surface area contributed by atoms with Gasteiger partial charge in [-0.25, -0.2) is 0 Å². The number of nitrogens with two attached hydrogens (primary N) is 1. The molecule has 0 unspecified atom stereocenters. The fraction of sp³-hybridized carbons (Fsp3) is 0.364. The number of furan rings is 1. The first kappa shape index (κ1) is 19.4. The molecule has 2 aromatic heterocycles. The highest BCUT2D eigenvalue weighted by molar-refractivity contribution is 6.08. The Morgan fingerprint density at radius 1 is 1.31 bits per heavy atom. The van der Waals surface area contributed by atoms with Crippen LogP contribution in [0.2, 0.25) is 0 Å². The molecule has 0 atom stereocenters. The van der Waals surface area contributed by atoms with Crippen molar-refractivity contribution in [1.29, 1.82) is 0 Å². The third kappa shape index (κ3) is 3.47. The quantitative estimate of drug-likeness (QED) is 0.663. The Hall–Kier alpha value is -2.90. The number of nitrogens with zero attached hydrogens (tertiary/aromatic N) is 1. The van der Waals surface area contributed by atoms with Crippen molar-refractivity contribution in [1.82, 2.24) is 4.98 Å². The first-order valence-corrected chi connectivity index (χ1v) is 9.62. The zero-order chi connectivity index (χ0) is 20.4. The van der Waals surface area contributed by atoms with Gasteiger partial charge in [-0.1, -0.05) is 6.07 Å². The Labute approximate surface area is 168 Å². The molecular formula is C22H24N2O5. The van der Waals surface area contributed by atoms with Crippen molar-refractivity contribution in [3.63, 3.8) is 0 Å². The second-order valence-electron chi connectivity index (χ2n) is 7.41. The highest BCUT2D eigenvalue weighted by atomic mass is 16.5. The van der Waals surface area contributed by atoms with Crippen molar-refractivity contribution in [2.24, 2.45) is 5.73 Å². The Bertz CT molecular complexity index is 1020. The number of rotatable bonds is 6. The summed E-state index contributed by atoms with van der Waals surface area (Å²) in [6, 6.07) is 7.38. The minimum absolute atomic E-state index is 0.0961. The first-order valence-electron chi connectivity index (χ1n) is 9.62. The van der Waals surface area contributed by atoms with E-state index in [1.54, 1.807) is 25.4 Å². The molecule has 1 aromatic carbocycles.